The Morgan fingerprint density at radius 2 is 1.94 bits per heavy atom. The molecular weight excluding hydrogens is 250 g/mol. The highest BCUT2D eigenvalue weighted by Crippen LogP contribution is 2.31. The molecule has 1 aromatic heterocycles. The van der Waals surface area contributed by atoms with Crippen LogP contribution in [0, 0.1) is 13.8 Å². The SMILES string of the molecule is Cc1cc(Cl)cc(C)c1Oc1ncccc1C=O. The number of hydrogen-bond donors (Lipinski definition) is 0. The molecule has 2 aromatic rings. The second kappa shape index (κ2) is 5.19. The highest BCUT2D eigenvalue weighted by molar-refractivity contribution is 6.30. The van der Waals surface area contributed by atoms with Crippen molar-refractivity contribution in [2.24, 2.45) is 0 Å². The molecule has 0 amide bonds. The fourth-order valence-corrected chi connectivity index (χ4v) is 2.06. The second-order valence-corrected chi connectivity index (χ2v) is 4.42. The Balaban J connectivity index is 2.43. The van der Waals surface area contributed by atoms with Gasteiger partial charge in [-0.3, -0.25) is 4.79 Å². The van der Waals surface area contributed by atoms with Gasteiger partial charge in [0.15, 0.2) is 6.29 Å². The molecule has 0 bridgehead atoms. The van der Waals surface area contributed by atoms with E-state index in [1.165, 1.54) is 0 Å². The summed E-state index contributed by atoms with van der Waals surface area (Å²) in [7, 11) is 0. The topological polar surface area (TPSA) is 39.2 Å². The van der Waals surface area contributed by atoms with E-state index in [0.717, 1.165) is 17.4 Å². The largest absolute Gasteiger partial charge is 0.438 e. The summed E-state index contributed by atoms with van der Waals surface area (Å²) in [6, 6.07) is 6.98. The van der Waals surface area contributed by atoms with Crippen LogP contribution in [-0.4, -0.2) is 11.3 Å². The van der Waals surface area contributed by atoms with Gasteiger partial charge in [0, 0.05) is 11.2 Å². The van der Waals surface area contributed by atoms with Crippen molar-refractivity contribution in [3.05, 3.63) is 52.2 Å². The number of aromatic nitrogens is 1. The number of benzene rings is 1. The van der Waals surface area contributed by atoms with Crippen LogP contribution in [0.1, 0.15) is 21.5 Å². The predicted octanol–water partition coefficient (Wildman–Crippen LogP) is 3.96. The van der Waals surface area contributed by atoms with Crippen LogP contribution in [0.15, 0.2) is 30.5 Å². The molecule has 0 aliphatic heterocycles. The van der Waals surface area contributed by atoms with Crippen molar-refractivity contribution < 1.29 is 9.53 Å². The highest BCUT2D eigenvalue weighted by Gasteiger charge is 2.10. The average Bonchev–Trinajstić information content (AvgIpc) is 2.34. The van der Waals surface area contributed by atoms with Crippen molar-refractivity contribution in [1.29, 1.82) is 0 Å². The summed E-state index contributed by atoms with van der Waals surface area (Å²) in [5, 5.41) is 0.661. The van der Waals surface area contributed by atoms with Crippen LogP contribution >= 0.6 is 11.6 Å². The van der Waals surface area contributed by atoms with Crippen molar-refractivity contribution in [2.45, 2.75) is 13.8 Å². The Morgan fingerprint density at radius 1 is 1.28 bits per heavy atom. The molecule has 0 fully saturated rings. The number of carbonyl (C=O) groups is 1. The van der Waals surface area contributed by atoms with Crippen LogP contribution in [0.4, 0.5) is 0 Å². The number of pyridine rings is 1. The van der Waals surface area contributed by atoms with Gasteiger partial charge in [0.1, 0.15) is 5.75 Å². The van der Waals surface area contributed by atoms with Crippen LogP contribution < -0.4 is 4.74 Å². The molecule has 4 heteroatoms. The van der Waals surface area contributed by atoms with E-state index < -0.39 is 0 Å². The molecule has 0 saturated heterocycles. The third-order valence-corrected chi connectivity index (χ3v) is 2.77. The summed E-state index contributed by atoms with van der Waals surface area (Å²) >= 11 is 5.96. The first-order valence-electron chi connectivity index (χ1n) is 5.46. The molecule has 0 atom stereocenters. The van der Waals surface area contributed by atoms with Gasteiger partial charge in [-0.1, -0.05) is 11.6 Å². The molecule has 0 unspecified atom stereocenters. The summed E-state index contributed by atoms with van der Waals surface area (Å²) in [6.07, 6.45) is 2.31. The maximum atomic E-state index is 10.9. The first-order valence-corrected chi connectivity index (χ1v) is 5.84. The number of hydrogen-bond acceptors (Lipinski definition) is 3. The van der Waals surface area contributed by atoms with Crippen LogP contribution in [0.2, 0.25) is 5.02 Å². The second-order valence-electron chi connectivity index (χ2n) is 3.99. The summed E-state index contributed by atoms with van der Waals surface area (Å²) < 4.78 is 5.72. The van der Waals surface area contributed by atoms with Gasteiger partial charge in [-0.15, -0.1) is 0 Å². The number of rotatable bonds is 3. The van der Waals surface area contributed by atoms with Gasteiger partial charge in [0.05, 0.1) is 5.56 Å². The standard InChI is InChI=1S/C14H12ClNO2/c1-9-6-12(15)7-10(2)13(9)18-14-11(8-17)4-3-5-16-14/h3-8H,1-2H3. The van der Waals surface area contributed by atoms with Crippen molar-refractivity contribution in [2.75, 3.05) is 0 Å². The lowest BCUT2D eigenvalue weighted by Gasteiger charge is -2.12. The molecule has 0 spiro atoms. The van der Waals surface area contributed by atoms with Gasteiger partial charge < -0.3 is 4.74 Å². The van der Waals surface area contributed by atoms with E-state index in [-0.39, 0.29) is 0 Å². The predicted molar refractivity (Wildman–Crippen MR) is 70.6 cm³/mol. The van der Waals surface area contributed by atoms with Gasteiger partial charge in [0.25, 0.3) is 0 Å². The van der Waals surface area contributed by atoms with Crippen molar-refractivity contribution in [1.82, 2.24) is 4.98 Å². The summed E-state index contributed by atoms with van der Waals surface area (Å²) in [6.45, 7) is 3.80. The maximum absolute atomic E-state index is 10.9. The van der Waals surface area contributed by atoms with Crippen LogP contribution in [0.25, 0.3) is 0 Å². The Kier molecular flexibility index (Phi) is 3.63. The number of carbonyl (C=O) groups excluding carboxylic acids is 1. The number of nitrogens with zero attached hydrogens (tertiary/aromatic N) is 1. The van der Waals surface area contributed by atoms with Crippen molar-refractivity contribution in [3.8, 4) is 11.6 Å². The van der Waals surface area contributed by atoms with Crippen molar-refractivity contribution >= 4 is 17.9 Å². The van der Waals surface area contributed by atoms with Crippen LogP contribution in [-0.2, 0) is 0 Å². The van der Waals surface area contributed by atoms with E-state index in [0.29, 0.717) is 22.2 Å². The minimum absolute atomic E-state index is 0.307. The molecule has 0 saturated carbocycles. The first kappa shape index (κ1) is 12.6. The average molecular weight is 262 g/mol. The molecule has 1 heterocycles. The van der Waals surface area contributed by atoms with Gasteiger partial charge in [0.2, 0.25) is 5.88 Å². The monoisotopic (exact) mass is 261 g/mol. The lowest BCUT2D eigenvalue weighted by molar-refractivity contribution is 0.112. The quantitative estimate of drug-likeness (QED) is 0.785. The van der Waals surface area contributed by atoms with Gasteiger partial charge in [-0.05, 0) is 49.2 Å². The number of aldehydes is 1. The van der Waals surface area contributed by atoms with Gasteiger partial charge in [-0.25, -0.2) is 4.98 Å². The lowest BCUT2D eigenvalue weighted by Crippen LogP contribution is -1.96. The minimum atomic E-state index is 0.307. The Labute approximate surface area is 110 Å². The fraction of sp³-hybridized carbons (Fsp3) is 0.143. The molecular formula is C14H12ClNO2. The number of aryl methyl sites for hydroxylation is 2. The zero-order valence-corrected chi connectivity index (χ0v) is 10.9. The molecule has 18 heavy (non-hydrogen) atoms. The van der Waals surface area contributed by atoms with Gasteiger partial charge in [-0.2, -0.15) is 0 Å². The molecule has 0 radical (unpaired) electrons. The van der Waals surface area contributed by atoms with E-state index in [4.69, 9.17) is 16.3 Å². The van der Waals surface area contributed by atoms with E-state index in [2.05, 4.69) is 4.98 Å². The van der Waals surface area contributed by atoms with E-state index in [9.17, 15) is 4.79 Å². The lowest BCUT2D eigenvalue weighted by atomic mass is 10.1. The number of halogens is 1. The minimum Gasteiger partial charge on any atom is -0.438 e. The smallest absolute Gasteiger partial charge is 0.229 e. The molecule has 3 nitrogen and oxygen atoms in total. The summed E-state index contributed by atoms with van der Waals surface area (Å²) in [5.74, 6) is 0.988. The van der Waals surface area contributed by atoms with Crippen LogP contribution in [0.3, 0.4) is 0 Å². The number of ether oxygens (including phenoxy) is 1. The summed E-state index contributed by atoms with van der Waals surface area (Å²) in [5.41, 5.74) is 2.23. The summed E-state index contributed by atoms with van der Waals surface area (Å²) in [4.78, 5) is 15.0. The van der Waals surface area contributed by atoms with E-state index in [1.54, 1.807) is 18.3 Å². The Hall–Kier alpha value is -1.87. The Bertz CT molecular complexity index is 573. The first-order chi connectivity index (χ1) is 8.61. The normalized spacial score (nSPS) is 10.2. The molecule has 1 aromatic carbocycles. The fourth-order valence-electron chi connectivity index (χ4n) is 1.73. The molecule has 2 rings (SSSR count). The molecule has 0 aliphatic carbocycles. The Morgan fingerprint density at radius 3 is 2.56 bits per heavy atom. The maximum Gasteiger partial charge on any atom is 0.229 e. The third kappa shape index (κ3) is 2.51. The third-order valence-electron chi connectivity index (χ3n) is 2.55. The van der Waals surface area contributed by atoms with Crippen LogP contribution in [0.5, 0.6) is 11.6 Å². The zero-order valence-electron chi connectivity index (χ0n) is 10.1. The van der Waals surface area contributed by atoms with E-state index >= 15 is 0 Å². The molecule has 0 aliphatic rings. The zero-order chi connectivity index (χ0) is 13.1. The molecule has 0 N–H and O–H groups in total. The van der Waals surface area contributed by atoms with E-state index in [1.807, 2.05) is 26.0 Å². The van der Waals surface area contributed by atoms with Gasteiger partial charge >= 0.3 is 0 Å². The molecule has 92 valence electrons. The highest BCUT2D eigenvalue weighted by atomic mass is 35.5. The van der Waals surface area contributed by atoms with Crippen molar-refractivity contribution in [3.63, 3.8) is 0 Å².